The Hall–Kier alpha value is -0.640. The Kier molecular flexibility index (Phi) is 3.25. The van der Waals surface area contributed by atoms with E-state index in [4.69, 9.17) is 0 Å². The highest BCUT2D eigenvalue weighted by Gasteiger charge is 2.04. The number of nitrogens with zero attached hydrogens (tertiary/aromatic N) is 1. The molecule has 1 nitrogen and oxygen atoms in total. The van der Waals surface area contributed by atoms with Crippen LogP contribution in [0, 0.1) is 13.8 Å². The van der Waals surface area contributed by atoms with Crippen LogP contribution in [0.5, 0.6) is 0 Å². The average molecular weight is 285 g/mol. The van der Waals surface area contributed by atoms with Gasteiger partial charge < -0.3 is 24.0 Å². The van der Waals surface area contributed by atoms with E-state index in [2.05, 4.69) is 48.8 Å². The normalized spacial score (nSPS) is 9.69. The van der Waals surface area contributed by atoms with E-state index in [1.165, 1.54) is 16.6 Å². The maximum absolute atomic E-state index is 2.16. The summed E-state index contributed by atoms with van der Waals surface area (Å²) >= 11 is 0. The molecule has 0 saturated carbocycles. The van der Waals surface area contributed by atoms with Crippen LogP contribution in [-0.2, 0) is 0 Å². The minimum absolute atomic E-state index is 0. The predicted octanol–water partition coefficient (Wildman–Crippen LogP) is -0.954. The first-order chi connectivity index (χ1) is 5.79. The standard InChI is InChI=1S/C11H12N.HI/c1-9-6-8-12-7-4-3-5-11(12)10(9)2;/h3-8H,1-2H3;1H/q+1;/p-1. The molecule has 0 N–H and O–H groups in total. The van der Waals surface area contributed by atoms with Gasteiger partial charge in [-0.3, -0.25) is 0 Å². The third kappa shape index (κ3) is 1.82. The molecule has 0 aromatic carbocycles. The van der Waals surface area contributed by atoms with Gasteiger partial charge in [-0.05, 0) is 25.5 Å². The molecule has 2 aromatic rings. The fourth-order valence-corrected chi connectivity index (χ4v) is 1.42. The third-order valence-corrected chi connectivity index (χ3v) is 2.35. The van der Waals surface area contributed by atoms with Crippen molar-refractivity contribution in [1.29, 1.82) is 0 Å². The van der Waals surface area contributed by atoms with Gasteiger partial charge in [0.2, 0.25) is 5.52 Å². The van der Waals surface area contributed by atoms with Gasteiger partial charge >= 0.3 is 0 Å². The second-order valence-corrected chi connectivity index (χ2v) is 3.12. The quantitative estimate of drug-likeness (QED) is 0.434. The number of rotatable bonds is 0. The summed E-state index contributed by atoms with van der Waals surface area (Å²) in [5, 5.41) is 0. The molecular formula is C11H12IN. The van der Waals surface area contributed by atoms with Gasteiger partial charge in [-0.15, -0.1) is 0 Å². The van der Waals surface area contributed by atoms with Crippen molar-refractivity contribution in [2.75, 3.05) is 0 Å². The molecule has 2 aromatic heterocycles. The van der Waals surface area contributed by atoms with E-state index in [1.54, 1.807) is 0 Å². The number of hydrogen-bond donors (Lipinski definition) is 0. The lowest BCUT2D eigenvalue weighted by molar-refractivity contribution is -0.512. The molecule has 0 aliphatic carbocycles. The van der Waals surface area contributed by atoms with Gasteiger partial charge in [-0.1, -0.05) is 0 Å². The Morgan fingerprint density at radius 3 is 2.54 bits per heavy atom. The predicted molar refractivity (Wildman–Crippen MR) is 49.1 cm³/mol. The summed E-state index contributed by atoms with van der Waals surface area (Å²) in [4.78, 5) is 0. The Bertz CT molecular complexity index is 423. The Morgan fingerprint density at radius 2 is 1.77 bits per heavy atom. The molecule has 0 radical (unpaired) electrons. The smallest absolute Gasteiger partial charge is 0.213 e. The van der Waals surface area contributed by atoms with Gasteiger partial charge in [0, 0.05) is 23.8 Å². The first-order valence-electron chi connectivity index (χ1n) is 4.15. The van der Waals surface area contributed by atoms with Gasteiger partial charge in [0.1, 0.15) is 0 Å². The number of pyridine rings is 2. The number of aromatic nitrogens is 1. The SMILES string of the molecule is Cc1cc[n+]2ccccc2c1C.[I-]. The van der Waals surface area contributed by atoms with Gasteiger partial charge in [-0.25, -0.2) is 0 Å². The van der Waals surface area contributed by atoms with Crippen LogP contribution in [0.4, 0.5) is 0 Å². The summed E-state index contributed by atoms with van der Waals surface area (Å²) in [5.41, 5.74) is 4.00. The Morgan fingerprint density at radius 1 is 1.00 bits per heavy atom. The maximum atomic E-state index is 2.16. The summed E-state index contributed by atoms with van der Waals surface area (Å²) in [6.45, 7) is 4.30. The average Bonchev–Trinajstić information content (AvgIpc) is 2.12. The summed E-state index contributed by atoms with van der Waals surface area (Å²) in [6.07, 6.45) is 4.17. The zero-order valence-corrected chi connectivity index (χ0v) is 9.95. The fraction of sp³-hybridized carbons (Fsp3) is 0.182. The molecule has 0 spiro atoms. The van der Waals surface area contributed by atoms with Crippen LogP contribution in [0.3, 0.4) is 0 Å². The molecule has 13 heavy (non-hydrogen) atoms. The van der Waals surface area contributed by atoms with Gasteiger partial charge in [0.15, 0.2) is 12.4 Å². The fourth-order valence-electron chi connectivity index (χ4n) is 1.42. The minimum atomic E-state index is 0. The largest absolute Gasteiger partial charge is 1.00 e. The van der Waals surface area contributed by atoms with Gasteiger partial charge in [-0.2, -0.15) is 4.40 Å². The van der Waals surface area contributed by atoms with E-state index in [0.717, 1.165) is 0 Å². The number of hydrogen-bond acceptors (Lipinski definition) is 0. The first kappa shape index (κ1) is 10.4. The summed E-state index contributed by atoms with van der Waals surface area (Å²) < 4.78 is 2.14. The molecular weight excluding hydrogens is 273 g/mol. The van der Waals surface area contributed by atoms with Crippen molar-refractivity contribution in [2.45, 2.75) is 13.8 Å². The second kappa shape index (κ2) is 4.05. The van der Waals surface area contributed by atoms with Crippen molar-refractivity contribution >= 4 is 5.52 Å². The number of aryl methyl sites for hydroxylation is 2. The molecule has 68 valence electrons. The lowest BCUT2D eigenvalue weighted by Gasteiger charge is -1.97. The Balaban J connectivity index is 0.000000845. The van der Waals surface area contributed by atoms with E-state index >= 15 is 0 Å². The molecule has 0 bridgehead atoms. The van der Waals surface area contributed by atoms with Crippen LogP contribution in [0.25, 0.3) is 5.52 Å². The zero-order chi connectivity index (χ0) is 8.55. The van der Waals surface area contributed by atoms with Gasteiger partial charge in [0.05, 0.1) is 0 Å². The van der Waals surface area contributed by atoms with E-state index in [0.29, 0.717) is 0 Å². The van der Waals surface area contributed by atoms with Crippen molar-refractivity contribution in [3.63, 3.8) is 0 Å². The molecule has 0 fully saturated rings. The molecule has 0 saturated heterocycles. The van der Waals surface area contributed by atoms with Crippen LogP contribution < -0.4 is 28.4 Å². The van der Waals surface area contributed by atoms with Crippen molar-refractivity contribution in [3.05, 3.63) is 47.8 Å². The molecule has 0 amide bonds. The summed E-state index contributed by atoms with van der Waals surface area (Å²) in [5.74, 6) is 0. The summed E-state index contributed by atoms with van der Waals surface area (Å²) in [6, 6.07) is 8.40. The highest BCUT2D eigenvalue weighted by molar-refractivity contribution is 5.49. The first-order valence-corrected chi connectivity index (χ1v) is 4.15. The van der Waals surface area contributed by atoms with E-state index in [1.807, 2.05) is 6.07 Å². The maximum Gasteiger partial charge on any atom is 0.213 e. The van der Waals surface area contributed by atoms with Crippen LogP contribution in [-0.4, -0.2) is 0 Å². The van der Waals surface area contributed by atoms with Crippen molar-refractivity contribution in [2.24, 2.45) is 0 Å². The number of fused-ring (bicyclic) bond motifs is 1. The molecule has 0 atom stereocenters. The lowest BCUT2D eigenvalue weighted by atomic mass is 10.1. The van der Waals surface area contributed by atoms with Crippen LogP contribution >= 0.6 is 0 Å². The van der Waals surface area contributed by atoms with Crippen molar-refractivity contribution < 1.29 is 28.4 Å². The van der Waals surface area contributed by atoms with Gasteiger partial charge in [0.25, 0.3) is 0 Å². The van der Waals surface area contributed by atoms with Crippen LogP contribution in [0.1, 0.15) is 11.1 Å². The molecule has 0 aliphatic heterocycles. The van der Waals surface area contributed by atoms with E-state index in [9.17, 15) is 0 Å². The van der Waals surface area contributed by atoms with Crippen molar-refractivity contribution in [1.82, 2.24) is 0 Å². The molecule has 2 heteroatoms. The minimum Gasteiger partial charge on any atom is -1.00 e. The molecule has 0 unspecified atom stereocenters. The van der Waals surface area contributed by atoms with E-state index < -0.39 is 0 Å². The molecule has 2 heterocycles. The Labute approximate surface area is 95.4 Å². The lowest BCUT2D eigenvalue weighted by Crippen LogP contribution is -3.00. The number of halogens is 1. The second-order valence-electron chi connectivity index (χ2n) is 3.12. The van der Waals surface area contributed by atoms with E-state index in [-0.39, 0.29) is 24.0 Å². The van der Waals surface area contributed by atoms with Crippen LogP contribution in [0.2, 0.25) is 0 Å². The highest BCUT2D eigenvalue weighted by Crippen LogP contribution is 2.08. The monoisotopic (exact) mass is 285 g/mol. The zero-order valence-electron chi connectivity index (χ0n) is 7.79. The third-order valence-electron chi connectivity index (χ3n) is 2.35. The van der Waals surface area contributed by atoms with Crippen molar-refractivity contribution in [3.8, 4) is 0 Å². The summed E-state index contributed by atoms with van der Waals surface area (Å²) in [7, 11) is 0. The molecule has 2 rings (SSSR count). The molecule has 0 aliphatic rings. The van der Waals surface area contributed by atoms with Crippen LogP contribution in [0.15, 0.2) is 36.7 Å². The topological polar surface area (TPSA) is 4.10 Å². The highest BCUT2D eigenvalue weighted by atomic mass is 127.